The van der Waals surface area contributed by atoms with Gasteiger partial charge in [0, 0.05) is 42.5 Å². The van der Waals surface area contributed by atoms with E-state index in [-0.39, 0.29) is 24.9 Å². The van der Waals surface area contributed by atoms with Crippen LogP contribution in [-0.4, -0.2) is 55.2 Å². The van der Waals surface area contributed by atoms with Gasteiger partial charge in [0.05, 0.1) is 23.5 Å². The Morgan fingerprint density at radius 3 is 2.38 bits per heavy atom. The fourth-order valence-electron chi connectivity index (χ4n) is 4.86. The Hall–Kier alpha value is -3.21. The lowest BCUT2D eigenvalue weighted by atomic mass is 10.1. The Kier molecular flexibility index (Phi) is 6.26. The van der Waals surface area contributed by atoms with Crippen molar-refractivity contribution >= 4 is 29.0 Å². The van der Waals surface area contributed by atoms with Crippen LogP contribution in [0.2, 0.25) is 0 Å². The molecule has 3 aromatic rings. The number of rotatable bonds is 4. The van der Waals surface area contributed by atoms with Crippen LogP contribution >= 0.6 is 11.8 Å². The molecule has 0 unspecified atom stereocenters. The maximum atomic E-state index is 13.6. The minimum absolute atomic E-state index is 0.131. The summed E-state index contributed by atoms with van der Waals surface area (Å²) in [6.07, 6.45) is -4.49. The van der Waals surface area contributed by atoms with Crippen molar-refractivity contribution in [3.63, 3.8) is 0 Å². The third-order valence-electron chi connectivity index (χ3n) is 6.77. The van der Waals surface area contributed by atoms with Gasteiger partial charge in [-0.15, -0.1) is 0 Å². The van der Waals surface area contributed by atoms with Gasteiger partial charge in [-0.05, 0) is 48.0 Å². The van der Waals surface area contributed by atoms with E-state index in [1.54, 1.807) is 12.1 Å². The van der Waals surface area contributed by atoms with E-state index >= 15 is 0 Å². The molecule has 6 nitrogen and oxygen atoms in total. The fourth-order valence-corrected chi connectivity index (χ4v) is 5.90. The number of alkyl halides is 3. The molecule has 0 atom stereocenters. The smallest absolute Gasteiger partial charge is 0.416 e. The van der Waals surface area contributed by atoms with Gasteiger partial charge in [0.25, 0.3) is 0 Å². The topological polar surface area (TPSA) is 45.3 Å². The van der Waals surface area contributed by atoms with Crippen molar-refractivity contribution in [2.24, 2.45) is 0 Å². The quantitative estimate of drug-likeness (QED) is 0.454. The van der Waals surface area contributed by atoms with Crippen LogP contribution in [0.3, 0.4) is 0 Å². The number of amides is 1. The summed E-state index contributed by atoms with van der Waals surface area (Å²) in [4.78, 5) is 20.9. The van der Waals surface area contributed by atoms with E-state index in [0.717, 1.165) is 53.7 Å². The lowest BCUT2D eigenvalue weighted by Gasteiger charge is -2.37. The van der Waals surface area contributed by atoms with Gasteiger partial charge >= 0.3 is 6.18 Å². The summed E-state index contributed by atoms with van der Waals surface area (Å²) in [5.41, 5.74) is 1.27. The molecule has 0 bridgehead atoms. The van der Waals surface area contributed by atoms with Crippen LogP contribution in [0.1, 0.15) is 11.1 Å². The molecule has 0 saturated carbocycles. The van der Waals surface area contributed by atoms with Gasteiger partial charge in [0.2, 0.25) is 12.7 Å². The van der Waals surface area contributed by atoms with Crippen molar-refractivity contribution in [1.82, 2.24) is 9.80 Å². The Bertz CT molecular complexity index is 1340. The highest BCUT2D eigenvalue weighted by molar-refractivity contribution is 7.99. The molecule has 10 heteroatoms. The molecule has 3 aliphatic heterocycles. The average molecular weight is 528 g/mol. The van der Waals surface area contributed by atoms with Crippen LogP contribution in [0.4, 0.5) is 24.5 Å². The zero-order chi connectivity index (χ0) is 25.6. The Morgan fingerprint density at radius 2 is 1.57 bits per heavy atom. The largest absolute Gasteiger partial charge is 0.454 e. The first-order valence-corrected chi connectivity index (χ1v) is 12.8. The third-order valence-corrected chi connectivity index (χ3v) is 7.90. The number of carbonyl (C=O) groups excluding carboxylic acids is 1. The SMILES string of the molecule is O=C(CN1CCN(Cc2ccc3c(c2)OCO3)CC1)N1c2ccccc2Sc2ccc(C(F)(F)F)cc21. The first-order chi connectivity index (χ1) is 17.8. The standard InChI is InChI=1S/C27H24F3N3O3S/c28-27(29,30)19-6-8-25-21(14-19)33(20-3-1-2-4-24(20)37-25)26(34)16-32-11-9-31(10-12-32)15-18-5-7-22-23(13-18)36-17-35-22/h1-8,13-14H,9-12,15-17H2. The number of halogens is 3. The van der Waals surface area contributed by atoms with Crippen molar-refractivity contribution in [2.45, 2.75) is 22.5 Å². The van der Waals surface area contributed by atoms with Gasteiger partial charge in [-0.3, -0.25) is 19.5 Å². The number of hydrogen-bond acceptors (Lipinski definition) is 6. The number of piperazine rings is 1. The van der Waals surface area contributed by atoms with Crippen LogP contribution in [0.15, 0.2) is 70.5 Å². The van der Waals surface area contributed by atoms with Crippen LogP contribution in [0.25, 0.3) is 0 Å². The summed E-state index contributed by atoms with van der Waals surface area (Å²) in [6, 6.07) is 16.9. The van der Waals surface area contributed by atoms with Gasteiger partial charge in [0.15, 0.2) is 11.5 Å². The lowest BCUT2D eigenvalue weighted by molar-refractivity contribution is -0.137. The first-order valence-electron chi connectivity index (χ1n) is 12.0. The van der Waals surface area contributed by atoms with E-state index in [9.17, 15) is 18.0 Å². The molecular weight excluding hydrogens is 503 g/mol. The Balaban J connectivity index is 1.15. The minimum Gasteiger partial charge on any atom is -0.454 e. The second-order valence-corrected chi connectivity index (χ2v) is 10.3. The van der Waals surface area contributed by atoms with Crippen molar-refractivity contribution in [3.05, 3.63) is 71.8 Å². The van der Waals surface area contributed by atoms with Crippen molar-refractivity contribution in [1.29, 1.82) is 0 Å². The van der Waals surface area contributed by atoms with E-state index in [4.69, 9.17) is 9.47 Å². The summed E-state index contributed by atoms with van der Waals surface area (Å²) in [5.74, 6) is 1.28. The summed E-state index contributed by atoms with van der Waals surface area (Å²) in [7, 11) is 0. The number of ether oxygens (including phenoxy) is 2. The third kappa shape index (κ3) is 4.88. The normalized spacial score (nSPS) is 17.4. The van der Waals surface area contributed by atoms with Crippen LogP contribution in [-0.2, 0) is 17.5 Å². The molecule has 1 saturated heterocycles. The first kappa shape index (κ1) is 24.1. The van der Waals surface area contributed by atoms with Crippen LogP contribution < -0.4 is 14.4 Å². The predicted molar refractivity (Wildman–Crippen MR) is 133 cm³/mol. The maximum absolute atomic E-state index is 13.6. The summed E-state index contributed by atoms with van der Waals surface area (Å²) in [6.45, 7) is 4.08. The maximum Gasteiger partial charge on any atom is 0.416 e. The highest BCUT2D eigenvalue weighted by atomic mass is 32.2. The minimum atomic E-state index is -4.49. The molecule has 3 aromatic carbocycles. The predicted octanol–water partition coefficient (Wildman–Crippen LogP) is 5.38. The van der Waals surface area contributed by atoms with E-state index in [2.05, 4.69) is 9.80 Å². The van der Waals surface area contributed by atoms with E-state index in [1.807, 2.05) is 30.3 Å². The lowest BCUT2D eigenvalue weighted by Crippen LogP contribution is -2.49. The van der Waals surface area contributed by atoms with E-state index in [1.165, 1.54) is 22.7 Å². The van der Waals surface area contributed by atoms with Crippen LogP contribution in [0.5, 0.6) is 11.5 Å². The fraction of sp³-hybridized carbons (Fsp3) is 0.296. The average Bonchev–Trinajstić information content (AvgIpc) is 3.35. The van der Waals surface area contributed by atoms with E-state index in [0.29, 0.717) is 23.7 Å². The Labute approximate surface area is 216 Å². The number of fused-ring (bicyclic) bond motifs is 3. The monoisotopic (exact) mass is 527 g/mol. The molecule has 0 N–H and O–H groups in total. The second-order valence-electron chi connectivity index (χ2n) is 9.22. The molecule has 0 aliphatic carbocycles. The van der Waals surface area contributed by atoms with Gasteiger partial charge in [-0.2, -0.15) is 13.2 Å². The van der Waals surface area contributed by atoms with Gasteiger partial charge in [0.1, 0.15) is 0 Å². The number of benzene rings is 3. The molecule has 0 radical (unpaired) electrons. The number of hydrogen-bond donors (Lipinski definition) is 0. The van der Waals surface area contributed by atoms with Crippen molar-refractivity contribution in [2.75, 3.05) is 44.4 Å². The molecule has 192 valence electrons. The summed E-state index contributed by atoms with van der Waals surface area (Å²) < 4.78 is 51.3. The van der Waals surface area contributed by atoms with Crippen molar-refractivity contribution < 1.29 is 27.4 Å². The molecule has 6 rings (SSSR count). The molecule has 1 fully saturated rings. The van der Waals surface area contributed by atoms with Crippen LogP contribution in [0, 0.1) is 0 Å². The highest BCUT2D eigenvalue weighted by Gasteiger charge is 2.35. The number of nitrogens with zero attached hydrogens (tertiary/aromatic N) is 3. The molecule has 3 heterocycles. The zero-order valence-corrected chi connectivity index (χ0v) is 20.6. The molecule has 3 aliphatic rings. The van der Waals surface area contributed by atoms with Gasteiger partial charge in [-0.1, -0.05) is 30.0 Å². The van der Waals surface area contributed by atoms with Gasteiger partial charge < -0.3 is 9.47 Å². The van der Waals surface area contributed by atoms with Crippen molar-refractivity contribution in [3.8, 4) is 11.5 Å². The molecular formula is C27H24F3N3O3S. The summed E-state index contributed by atoms with van der Waals surface area (Å²) >= 11 is 1.38. The van der Waals surface area contributed by atoms with Gasteiger partial charge in [-0.25, -0.2) is 0 Å². The number of anilines is 2. The molecule has 0 spiro atoms. The Morgan fingerprint density at radius 1 is 0.838 bits per heavy atom. The molecule has 37 heavy (non-hydrogen) atoms. The number of carbonyl (C=O) groups is 1. The zero-order valence-electron chi connectivity index (χ0n) is 19.8. The van der Waals surface area contributed by atoms with E-state index < -0.39 is 11.7 Å². The summed E-state index contributed by atoms with van der Waals surface area (Å²) in [5, 5.41) is 0. The molecule has 0 aromatic heterocycles. The highest BCUT2D eigenvalue weighted by Crippen LogP contribution is 2.49. The second kappa shape index (κ2) is 9.59. The number of para-hydroxylation sites is 1. The molecule has 1 amide bonds.